The van der Waals surface area contributed by atoms with Gasteiger partial charge in [0.15, 0.2) is 0 Å². The molecule has 0 aliphatic carbocycles. The number of rotatable bonds is 3. The molecule has 6 heteroatoms. The maximum Gasteiger partial charge on any atom is 0.274 e. The predicted octanol–water partition coefficient (Wildman–Crippen LogP) is 4.16. The van der Waals surface area contributed by atoms with Crippen molar-refractivity contribution in [1.82, 2.24) is 14.3 Å². The Morgan fingerprint density at radius 2 is 1.85 bits per heavy atom. The van der Waals surface area contributed by atoms with Crippen LogP contribution in [-0.4, -0.2) is 14.3 Å². The van der Waals surface area contributed by atoms with Gasteiger partial charge in [-0.05, 0) is 37.3 Å². The van der Waals surface area contributed by atoms with E-state index in [1.165, 1.54) is 11.3 Å². The van der Waals surface area contributed by atoms with Gasteiger partial charge in [0.2, 0.25) is 0 Å². The molecule has 0 saturated carbocycles. The van der Waals surface area contributed by atoms with Crippen molar-refractivity contribution in [2.45, 2.75) is 6.92 Å². The van der Waals surface area contributed by atoms with Crippen LogP contribution in [0.1, 0.15) is 16.3 Å². The summed E-state index contributed by atoms with van der Waals surface area (Å²) in [4.78, 5) is 17.3. The third-order valence-electron chi connectivity index (χ3n) is 4.47. The van der Waals surface area contributed by atoms with Crippen LogP contribution in [0.15, 0.2) is 59.4 Å². The lowest BCUT2D eigenvalue weighted by atomic mass is 10.2. The van der Waals surface area contributed by atoms with Crippen molar-refractivity contribution in [3.05, 3.63) is 81.2 Å². The molecular weight excluding hydrogens is 356 g/mol. The summed E-state index contributed by atoms with van der Waals surface area (Å²) in [7, 11) is 1.82. The zero-order chi connectivity index (χ0) is 19.0. The first-order valence-corrected chi connectivity index (χ1v) is 9.23. The predicted molar refractivity (Wildman–Crippen MR) is 109 cm³/mol. The molecule has 4 rings (SSSR count). The SMILES string of the molecule is Cc1c(/C=C(\C#N)c2nc3ccccc3s2)n(C)n(-c2ccccc2)c1=O. The normalized spacial score (nSPS) is 11.7. The van der Waals surface area contributed by atoms with Crippen LogP contribution in [0.3, 0.4) is 0 Å². The van der Waals surface area contributed by atoms with E-state index in [9.17, 15) is 10.1 Å². The number of nitrogens with zero attached hydrogens (tertiary/aromatic N) is 4. The van der Waals surface area contributed by atoms with Gasteiger partial charge < -0.3 is 0 Å². The van der Waals surface area contributed by atoms with Crippen molar-refractivity contribution < 1.29 is 0 Å². The molecule has 0 fully saturated rings. The molecule has 0 radical (unpaired) electrons. The molecule has 2 heterocycles. The van der Waals surface area contributed by atoms with Crippen LogP contribution in [0.2, 0.25) is 0 Å². The molecule has 0 atom stereocenters. The van der Waals surface area contributed by atoms with Crippen LogP contribution in [-0.2, 0) is 7.05 Å². The number of thiazole rings is 1. The van der Waals surface area contributed by atoms with Crippen molar-refractivity contribution >= 4 is 33.2 Å². The Labute approximate surface area is 160 Å². The van der Waals surface area contributed by atoms with Crippen LogP contribution in [0, 0.1) is 18.3 Å². The third-order valence-corrected chi connectivity index (χ3v) is 5.54. The molecule has 2 aromatic heterocycles. The number of aromatic nitrogens is 3. The minimum atomic E-state index is -0.100. The lowest BCUT2D eigenvalue weighted by Crippen LogP contribution is -2.20. The second kappa shape index (κ2) is 6.71. The van der Waals surface area contributed by atoms with Crippen LogP contribution in [0.5, 0.6) is 0 Å². The summed E-state index contributed by atoms with van der Waals surface area (Å²) in [5.74, 6) is 0. The van der Waals surface area contributed by atoms with Gasteiger partial charge in [-0.15, -0.1) is 11.3 Å². The van der Waals surface area contributed by atoms with Crippen molar-refractivity contribution in [1.29, 1.82) is 5.26 Å². The minimum absolute atomic E-state index is 0.100. The first-order valence-electron chi connectivity index (χ1n) is 8.42. The Hall–Kier alpha value is -3.43. The standard InChI is InChI=1S/C21H16N4OS/c1-14-18(24(2)25(21(14)26)16-8-4-3-5-9-16)12-15(13-22)20-23-17-10-6-7-11-19(17)27-20/h3-12H,1-2H3/b15-12+. The molecule has 27 heavy (non-hydrogen) atoms. The monoisotopic (exact) mass is 372 g/mol. The molecule has 5 nitrogen and oxygen atoms in total. The molecular formula is C21H16N4OS. The Morgan fingerprint density at radius 3 is 2.56 bits per heavy atom. The third kappa shape index (κ3) is 2.88. The fourth-order valence-corrected chi connectivity index (χ4v) is 4.01. The number of para-hydroxylation sites is 2. The van der Waals surface area contributed by atoms with Gasteiger partial charge in [0.05, 0.1) is 27.2 Å². The summed E-state index contributed by atoms with van der Waals surface area (Å²) >= 11 is 1.47. The fraction of sp³-hybridized carbons (Fsp3) is 0.0952. The van der Waals surface area contributed by atoms with Gasteiger partial charge in [0, 0.05) is 12.6 Å². The van der Waals surface area contributed by atoms with E-state index in [1.54, 1.807) is 22.4 Å². The summed E-state index contributed by atoms with van der Waals surface area (Å²) in [6.07, 6.45) is 1.74. The quantitative estimate of drug-likeness (QED) is 0.507. The smallest absolute Gasteiger partial charge is 0.274 e. The number of benzene rings is 2. The van der Waals surface area contributed by atoms with Gasteiger partial charge >= 0.3 is 0 Å². The average molecular weight is 372 g/mol. The fourth-order valence-electron chi connectivity index (χ4n) is 3.08. The Morgan fingerprint density at radius 1 is 1.15 bits per heavy atom. The highest BCUT2D eigenvalue weighted by atomic mass is 32.1. The van der Waals surface area contributed by atoms with E-state index in [0.29, 0.717) is 21.8 Å². The lowest BCUT2D eigenvalue weighted by molar-refractivity contribution is 0.641. The topological polar surface area (TPSA) is 63.6 Å². The average Bonchev–Trinajstić information content (AvgIpc) is 3.21. The van der Waals surface area contributed by atoms with Gasteiger partial charge in [0.25, 0.3) is 5.56 Å². The molecule has 2 aromatic carbocycles. The van der Waals surface area contributed by atoms with Gasteiger partial charge in [0.1, 0.15) is 11.1 Å². The zero-order valence-corrected chi connectivity index (χ0v) is 15.7. The molecule has 0 unspecified atom stereocenters. The van der Waals surface area contributed by atoms with E-state index in [-0.39, 0.29) is 5.56 Å². The molecule has 0 N–H and O–H groups in total. The first-order chi connectivity index (χ1) is 13.1. The number of fused-ring (bicyclic) bond motifs is 1. The maximum absolute atomic E-state index is 12.8. The van der Waals surface area contributed by atoms with E-state index in [2.05, 4.69) is 11.1 Å². The molecule has 132 valence electrons. The van der Waals surface area contributed by atoms with Gasteiger partial charge in [-0.2, -0.15) is 5.26 Å². The van der Waals surface area contributed by atoms with Crippen LogP contribution in [0.25, 0.3) is 27.6 Å². The molecule has 0 aliphatic rings. The van der Waals surface area contributed by atoms with Crippen molar-refractivity contribution in [3.63, 3.8) is 0 Å². The Bertz CT molecular complexity index is 1240. The molecule has 0 spiro atoms. The van der Waals surface area contributed by atoms with Crippen molar-refractivity contribution in [2.24, 2.45) is 7.05 Å². The van der Waals surface area contributed by atoms with E-state index in [1.807, 2.05) is 61.6 Å². The van der Waals surface area contributed by atoms with Gasteiger partial charge in [-0.25, -0.2) is 9.67 Å². The van der Waals surface area contributed by atoms with Gasteiger partial charge in [-0.3, -0.25) is 9.48 Å². The van der Waals surface area contributed by atoms with E-state index < -0.39 is 0 Å². The number of hydrogen-bond acceptors (Lipinski definition) is 4. The maximum atomic E-state index is 12.8. The highest BCUT2D eigenvalue weighted by Crippen LogP contribution is 2.28. The highest BCUT2D eigenvalue weighted by molar-refractivity contribution is 7.19. The van der Waals surface area contributed by atoms with Crippen molar-refractivity contribution in [3.8, 4) is 11.8 Å². The summed E-state index contributed by atoms with van der Waals surface area (Å²) in [5, 5.41) is 10.3. The zero-order valence-electron chi connectivity index (χ0n) is 14.9. The molecule has 4 aromatic rings. The molecule has 0 saturated heterocycles. The summed E-state index contributed by atoms with van der Waals surface area (Å²) < 4.78 is 4.41. The van der Waals surface area contributed by atoms with E-state index in [4.69, 9.17) is 0 Å². The number of nitriles is 1. The van der Waals surface area contributed by atoms with Crippen molar-refractivity contribution in [2.75, 3.05) is 0 Å². The van der Waals surface area contributed by atoms with Crippen LogP contribution in [0.4, 0.5) is 0 Å². The molecule has 0 amide bonds. The Balaban J connectivity index is 1.88. The first kappa shape index (κ1) is 17.0. The van der Waals surface area contributed by atoms with E-state index >= 15 is 0 Å². The Kier molecular flexibility index (Phi) is 4.22. The molecule has 0 aliphatic heterocycles. The summed E-state index contributed by atoms with van der Waals surface area (Å²) in [5.41, 5.74) is 3.28. The van der Waals surface area contributed by atoms with Crippen LogP contribution >= 0.6 is 11.3 Å². The molecule has 0 bridgehead atoms. The van der Waals surface area contributed by atoms with Gasteiger partial charge in [-0.1, -0.05) is 30.3 Å². The minimum Gasteiger partial charge on any atom is -0.281 e. The largest absolute Gasteiger partial charge is 0.281 e. The number of allylic oxidation sites excluding steroid dienone is 1. The highest BCUT2D eigenvalue weighted by Gasteiger charge is 2.16. The van der Waals surface area contributed by atoms with Crippen LogP contribution < -0.4 is 5.56 Å². The second-order valence-electron chi connectivity index (χ2n) is 6.14. The van der Waals surface area contributed by atoms with E-state index in [0.717, 1.165) is 15.9 Å². The summed E-state index contributed by atoms with van der Waals surface area (Å²) in [6.45, 7) is 1.78. The second-order valence-corrected chi connectivity index (χ2v) is 7.17. The number of hydrogen-bond donors (Lipinski definition) is 0. The lowest BCUT2D eigenvalue weighted by Gasteiger charge is -2.08. The summed E-state index contributed by atoms with van der Waals surface area (Å²) in [6, 6.07) is 19.5.